The van der Waals surface area contributed by atoms with Crippen molar-refractivity contribution in [2.24, 2.45) is 0 Å². The number of carbonyl (C=O) groups is 1. The summed E-state index contributed by atoms with van der Waals surface area (Å²) in [5, 5.41) is 0. The highest BCUT2D eigenvalue weighted by molar-refractivity contribution is 5.79. The summed E-state index contributed by atoms with van der Waals surface area (Å²) in [5.74, 6) is 0.266. The van der Waals surface area contributed by atoms with Crippen molar-refractivity contribution >= 4 is 5.91 Å². The van der Waals surface area contributed by atoms with Crippen molar-refractivity contribution in [3.63, 3.8) is 0 Å². The number of hydrogen-bond donors (Lipinski definition) is 0. The van der Waals surface area contributed by atoms with Crippen LogP contribution in [0, 0.1) is 0 Å². The molecule has 1 aliphatic heterocycles. The molecule has 2 heteroatoms. The minimum atomic E-state index is 0.266. The van der Waals surface area contributed by atoms with Crippen LogP contribution in [0.3, 0.4) is 0 Å². The second kappa shape index (κ2) is 6.64. The van der Waals surface area contributed by atoms with Crippen LogP contribution in [0.15, 0.2) is 65.7 Å². The number of allylic oxidation sites excluding steroid dienone is 1. The molecule has 1 heterocycles. The van der Waals surface area contributed by atoms with E-state index in [0.717, 1.165) is 31.5 Å². The van der Waals surface area contributed by atoms with Crippen molar-refractivity contribution in [2.45, 2.75) is 32.1 Å². The third-order valence-corrected chi connectivity index (χ3v) is 5.14. The summed E-state index contributed by atoms with van der Waals surface area (Å²) in [5.41, 5.74) is 6.81. The van der Waals surface area contributed by atoms with Gasteiger partial charge < -0.3 is 4.90 Å². The molecule has 0 spiro atoms. The third-order valence-electron chi connectivity index (χ3n) is 5.14. The third kappa shape index (κ3) is 3.43. The average Bonchev–Trinajstić information content (AvgIpc) is 3.48. The molecule has 2 fully saturated rings. The molecular weight excluding hydrogens is 294 g/mol. The summed E-state index contributed by atoms with van der Waals surface area (Å²) in [6.45, 7) is 1.81. The molecule has 0 atom stereocenters. The predicted octanol–water partition coefficient (Wildman–Crippen LogP) is 4.61. The molecule has 0 unspecified atom stereocenters. The number of likely N-dealkylation sites (tertiary alicyclic amines) is 1. The average molecular weight is 317 g/mol. The fraction of sp³-hybridized carbons (Fsp3) is 0.318. The first-order chi connectivity index (χ1) is 11.8. The highest BCUT2D eigenvalue weighted by Gasteiger charge is 2.24. The first-order valence-electron chi connectivity index (χ1n) is 8.91. The zero-order valence-corrected chi connectivity index (χ0v) is 14.0. The van der Waals surface area contributed by atoms with Gasteiger partial charge in [-0.15, -0.1) is 0 Å². The molecule has 2 nitrogen and oxygen atoms in total. The Labute approximate surface area is 143 Å². The minimum Gasteiger partial charge on any atom is -0.342 e. The van der Waals surface area contributed by atoms with Crippen LogP contribution < -0.4 is 0 Å². The van der Waals surface area contributed by atoms with Crippen LogP contribution in [0.2, 0.25) is 0 Å². The van der Waals surface area contributed by atoms with Gasteiger partial charge in [0.1, 0.15) is 0 Å². The number of nitrogens with zero attached hydrogens (tertiary/aromatic N) is 1. The highest BCUT2D eigenvalue weighted by atomic mass is 16.2. The van der Waals surface area contributed by atoms with E-state index in [9.17, 15) is 4.79 Å². The monoisotopic (exact) mass is 317 g/mol. The lowest BCUT2D eigenvalue weighted by molar-refractivity contribution is -0.130. The molecule has 1 saturated heterocycles. The smallest absolute Gasteiger partial charge is 0.227 e. The zero-order valence-electron chi connectivity index (χ0n) is 14.0. The topological polar surface area (TPSA) is 20.3 Å². The quantitative estimate of drug-likeness (QED) is 0.757. The Morgan fingerprint density at radius 3 is 1.96 bits per heavy atom. The highest BCUT2D eigenvalue weighted by Crippen LogP contribution is 2.36. The zero-order chi connectivity index (χ0) is 16.4. The lowest BCUT2D eigenvalue weighted by Crippen LogP contribution is -2.37. The predicted molar refractivity (Wildman–Crippen MR) is 97.7 cm³/mol. The summed E-state index contributed by atoms with van der Waals surface area (Å²) < 4.78 is 0. The first-order valence-corrected chi connectivity index (χ1v) is 8.91. The molecule has 24 heavy (non-hydrogen) atoms. The molecule has 2 aromatic rings. The normalized spacial score (nSPS) is 17.1. The minimum absolute atomic E-state index is 0.266. The van der Waals surface area contributed by atoms with Crippen LogP contribution in [-0.4, -0.2) is 23.9 Å². The van der Waals surface area contributed by atoms with E-state index in [0.29, 0.717) is 6.42 Å². The lowest BCUT2D eigenvalue weighted by Gasteiger charge is -2.28. The SMILES string of the molecule is O=C(Cc1ccc(-c2ccccc2)cc1)N1CCC(=C2CC2)CC1. The molecule has 1 saturated carbocycles. The van der Waals surface area contributed by atoms with Crippen LogP contribution in [-0.2, 0) is 11.2 Å². The number of amides is 1. The molecule has 0 bridgehead atoms. The lowest BCUT2D eigenvalue weighted by atomic mass is 10.0. The molecule has 1 aliphatic carbocycles. The van der Waals surface area contributed by atoms with Gasteiger partial charge in [-0.25, -0.2) is 0 Å². The second-order valence-corrected chi connectivity index (χ2v) is 6.83. The number of benzene rings is 2. The Hall–Kier alpha value is -2.35. The van der Waals surface area contributed by atoms with Crippen LogP contribution in [0.4, 0.5) is 0 Å². The maximum absolute atomic E-state index is 12.5. The molecule has 122 valence electrons. The maximum Gasteiger partial charge on any atom is 0.227 e. The van der Waals surface area contributed by atoms with Gasteiger partial charge in [0, 0.05) is 13.1 Å². The Morgan fingerprint density at radius 1 is 0.750 bits per heavy atom. The molecule has 1 amide bonds. The number of hydrogen-bond acceptors (Lipinski definition) is 1. The van der Waals surface area contributed by atoms with Crippen molar-refractivity contribution in [3.05, 3.63) is 71.3 Å². The summed E-state index contributed by atoms with van der Waals surface area (Å²) in [4.78, 5) is 14.6. The molecule has 4 rings (SSSR count). The van der Waals surface area contributed by atoms with Gasteiger partial charge in [-0.1, -0.05) is 65.7 Å². The van der Waals surface area contributed by atoms with Gasteiger partial charge in [-0.05, 0) is 42.4 Å². The first kappa shape index (κ1) is 15.2. The van der Waals surface area contributed by atoms with Crippen molar-refractivity contribution < 1.29 is 4.79 Å². The molecule has 2 aliphatic rings. The van der Waals surface area contributed by atoms with Crippen LogP contribution in [0.1, 0.15) is 31.2 Å². The van der Waals surface area contributed by atoms with Gasteiger partial charge in [0.15, 0.2) is 0 Å². The molecular formula is C22H23NO. The summed E-state index contributed by atoms with van der Waals surface area (Å²) in [6.07, 6.45) is 5.30. The van der Waals surface area contributed by atoms with Crippen LogP contribution in [0.5, 0.6) is 0 Å². The Balaban J connectivity index is 1.37. The fourth-order valence-electron chi connectivity index (χ4n) is 3.53. The Kier molecular flexibility index (Phi) is 4.20. The van der Waals surface area contributed by atoms with Gasteiger partial charge in [0.25, 0.3) is 0 Å². The second-order valence-electron chi connectivity index (χ2n) is 6.83. The molecule has 0 aromatic heterocycles. The molecule has 0 N–H and O–H groups in total. The maximum atomic E-state index is 12.5. The van der Waals surface area contributed by atoms with Gasteiger partial charge >= 0.3 is 0 Å². The molecule has 0 radical (unpaired) electrons. The Morgan fingerprint density at radius 2 is 1.33 bits per heavy atom. The summed E-state index contributed by atoms with van der Waals surface area (Å²) in [6, 6.07) is 18.7. The van der Waals surface area contributed by atoms with E-state index in [-0.39, 0.29) is 5.91 Å². The van der Waals surface area contributed by atoms with E-state index in [4.69, 9.17) is 0 Å². The van der Waals surface area contributed by atoms with E-state index in [1.807, 2.05) is 23.1 Å². The Bertz CT molecular complexity index is 742. The standard InChI is InChI=1S/C22H23NO/c24-22(23-14-12-21(13-15-23)20-10-11-20)16-17-6-8-19(9-7-17)18-4-2-1-3-5-18/h1-9H,10-16H2. The van der Waals surface area contributed by atoms with E-state index in [1.54, 1.807) is 11.1 Å². The van der Waals surface area contributed by atoms with Gasteiger partial charge in [-0.2, -0.15) is 0 Å². The van der Waals surface area contributed by atoms with Gasteiger partial charge in [0.2, 0.25) is 5.91 Å². The largest absolute Gasteiger partial charge is 0.342 e. The van der Waals surface area contributed by atoms with E-state index in [2.05, 4.69) is 36.4 Å². The fourth-order valence-corrected chi connectivity index (χ4v) is 3.53. The van der Waals surface area contributed by atoms with E-state index >= 15 is 0 Å². The molecule has 2 aromatic carbocycles. The number of carbonyl (C=O) groups excluding carboxylic acids is 1. The number of rotatable bonds is 3. The van der Waals surface area contributed by atoms with Gasteiger partial charge in [0.05, 0.1) is 6.42 Å². The number of piperidine rings is 1. The van der Waals surface area contributed by atoms with Crippen molar-refractivity contribution in [1.82, 2.24) is 4.90 Å². The van der Waals surface area contributed by atoms with Gasteiger partial charge in [-0.3, -0.25) is 4.79 Å². The van der Waals surface area contributed by atoms with Crippen LogP contribution in [0.25, 0.3) is 11.1 Å². The summed E-state index contributed by atoms with van der Waals surface area (Å²) >= 11 is 0. The van der Waals surface area contributed by atoms with E-state index in [1.165, 1.54) is 24.0 Å². The summed E-state index contributed by atoms with van der Waals surface area (Å²) in [7, 11) is 0. The van der Waals surface area contributed by atoms with Crippen molar-refractivity contribution in [2.75, 3.05) is 13.1 Å². The van der Waals surface area contributed by atoms with Crippen LogP contribution >= 0.6 is 0 Å². The van der Waals surface area contributed by atoms with E-state index < -0.39 is 0 Å². The van der Waals surface area contributed by atoms with Crippen molar-refractivity contribution in [3.8, 4) is 11.1 Å². The van der Waals surface area contributed by atoms with Crippen molar-refractivity contribution in [1.29, 1.82) is 0 Å².